The monoisotopic (exact) mass is 540 g/mol. The Balaban J connectivity index is 0.00000280. The number of rotatable bonds is 6. The first kappa shape index (κ1) is 23.7. The molecule has 1 atom stereocenters. The molecular formula is C20H23N4OPrS2-. The van der Waals surface area contributed by atoms with E-state index in [1.807, 2.05) is 37.4 Å². The molecule has 145 valence electrons. The minimum Gasteiger partial charge on any atom is -0.272 e. The summed E-state index contributed by atoms with van der Waals surface area (Å²) in [6.45, 7) is 4.21. The van der Waals surface area contributed by atoms with E-state index in [2.05, 4.69) is 29.4 Å². The van der Waals surface area contributed by atoms with E-state index in [0.29, 0.717) is 0 Å². The SMILES string of the molecule is CCCSc1c(CC(=O)N=S(N)c2ccc3c(cnn3C)c2)[c-]ccc1C.[Pr]. The van der Waals surface area contributed by atoms with Crippen LogP contribution in [-0.4, -0.2) is 21.4 Å². The number of aromatic nitrogens is 2. The van der Waals surface area contributed by atoms with Gasteiger partial charge in [-0.1, -0.05) is 18.7 Å². The second-order valence-corrected chi connectivity index (χ2v) is 8.67. The molecule has 8 heteroatoms. The Labute approximate surface area is 206 Å². The number of hydrogen-bond acceptors (Lipinski definition) is 3. The number of carbonyl (C=O) groups is 1. The first-order chi connectivity index (χ1) is 13.0. The normalized spacial score (nSPS) is 12.1. The summed E-state index contributed by atoms with van der Waals surface area (Å²) in [5, 5.41) is 11.4. The van der Waals surface area contributed by atoms with E-state index in [9.17, 15) is 4.79 Å². The van der Waals surface area contributed by atoms with Gasteiger partial charge in [0.15, 0.2) is 0 Å². The Kier molecular flexibility index (Phi) is 9.28. The number of fused-ring (bicyclic) bond motifs is 1. The summed E-state index contributed by atoms with van der Waals surface area (Å²) in [5.74, 6) is 0.802. The molecule has 0 bridgehead atoms. The molecule has 1 aromatic heterocycles. The van der Waals surface area contributed by atoms with E-state index in [-0.39, 0.29) is 53.6 Å². The van der Waals surface area contributed by atoms with E-state index in [1.165, 1.54) is 5.56 Å². The van der Waals surface area contributed by atoms with Gasteiger partial charge >= 0.3 is 0 Å². The molecule has 0 aliphatic rings. The molecule has 1 amide bonds. The second kappa shape index (κ2) is 11.0. The van der Waals surface area contributed by atoms with Crippen LogP contribution in [0, 0.1) is 54.3 Å². The van der Waals surface area contributed by atoms with E-state index >= 15 is 0 Å². The van der Waals surface area contributed by atoms with Crippen molar-refractivity contribution in [1.29, 1.82) is 0 Å². The minimum atomic E-state index is -0.983. The molecule has 0 spiro atoms. The summed E-state index contributed by atoms with van der Waals surface area (Å²) in [6, 6.07) is 12.9. The Bertz CT molecular complexity index is 1020. The predicted octanol–water partition coefficient (Wildman–Crippen LogP) is 3.99. The molecule has 0 saturated heterocycles. The average Bonchev–Trinajstić information content (AvgIpc) is 3.01. The van der Waals surface area contributed by atoms with E-state index in [4.69, 9.17) is 5.14 Å². The maximum atomic E-state index is 12.5. The van der Waals surface area contributed by atoms with Crippen molar-refractivity contribution in [3.8, 4) is 0 Å². The molecule has 0 aliphatic heterocycles. The minimum absolute atomic E-state index is 0. The number of nitrogens with two attached hydrogens (primary N) is 1. The molecule has 1 radical (unpaired) electrons. The molecule has 0 saturated carbocycles. The Morgan fingerprint density at radius 1 is 1.39 bits per heavy atom. The Hall–Kier alpha value is -0.596. The van der Waals surface area contributed by atoms with Gasteiger partial charge in [0.2, 0.25) is 0 Å². The van der Waals surface area contributed by atoms with Gasteiger partial charge in [-0.05, 0) is 30.4 Å². The van der Waals surface area contributed by atoms with Crippen molar-refractivity contribution < 1.29 is 46.1 Å². The predicted molar refractivity (Wildman–Crippen MR) is 113 cm³/mol. The largest absolute Gasteiger partial charge is 0.272 e. The number of aryl methyl sites for hydroxylation is 2. The average molecular weight is 540 g/mol. The van der Waals surface area contributed by atoms with Crippen LogP contribution in [0.15, 0.2) is 50.7 Å². The summed E-state index contributed by atoms with van der Waals surface area (Å²) in [6.07, 6.45) is 3.10. The van der Waals surface area contributed by atoms with Crippen LogP contribution in [0.25, 0.3) is 10.9 Å². The van der Waals surface area contributed by atoms with Crippen LogP contribution in [0.2, 0.25) is 0 Å². The quantitative estimate of drug-likeness (QED) is 0.379. The third-order valence-electron chi connectivity index (χ3n) is 4.16. The topological polar surface area (TPSA) is 73.3 Å². The first-order valence-corrected chi connectivity index (χ1v) is 11.0. The molecule has 1 heterocycles. The molecular weight excluding hydrogens is 517 g/mol. The van der Waals surface area contributed by atoms with Crippen molar-refractivity contribution in [3.05, 3.63) is 53.7 Å². The van der Waals surface area contributed by atoms with Crippen LogP contribution in [0.5, 0.6) is 0 Å². The summed E-state index contributed by atoms with van der Waals surface area (Å²) in [5.41, 5.74) is 3.10. The third kappa shape index (κ3) is 5.73. The van der Waals surface area contributed by atoms with Crippen molar-refractivity contribution in [2.45, 2.75) is 36.5 Å². The fraction of sp³-hybridized carbons (Fsp3) is 0.300. The van der Waals surface area contributed by atoms with E-state index in [1.54, 1.807) is 22.6 Å². The summed E-state index contributed by atoms with van der Waals surface area (Å²) < 4.78 is 6.02. The number of hydrogen-bond donors (Lipinski definition) is 1. The summed E-state index contributed by atoms with van der Waals surface area (Å²) in [4.78, 5) is 14.5. The number of amides is 1. The zero-order valence-electron chi connectivity index (χ0n) is 16.3. The van der Waals surface area contributed by atoms with Gasteiger partial charge in [0.1, 0.15) is 0 Å². The van der Waals surface area contributed by atoms with Crippen molar-refractivity contribution in [2.24, 2.45) is 16.5 Å². The molecule has 28 heavy (non-hydrogen) atoms. The molecule has 2 aromatic carbocycles. The maximum Gasteiger partial charge on any atom is 0.255 e. The molecule has 1 unspecified atom stereocenters. The fourth-order valence-corrected chi connectivity index (χ4v) is 4.65. The molecule has 0 aliphatic carbocycles. The van der Waals surface area contributed by atoms with Gasteiger partial charge in [-0.25, -0.2) is 0 Å². The van der Waals surface area contributed by atoms with Crippen molar-refractivity contribution in [1.82, 2.24) is 9.78 Å². The van der Waals surface area contributed by atoms with Crippen LogP contribution in [-0.2, 0) is 29.1 Å². The zero-order chi connectivity index (χ0) is 19.4. The van der Waals surface area contributed by atoms with Crippen molar-refractivity contribution in [2.75, 3.05) is 5.75 Å². The second-order valence-electron chi connectivity index (χ2n) is 6.28. The van der Waals surface area contributed by atoms with Gasteiger partial charge in [-0.3, -0.25) is 14.6 Å². The Morgan fingerprint density at radius 3 is 2.93 bits per heavy atom. The van der Waals surface area contributed by atoms with Crippen LogP contribution >= 0.6 is 11.8 Å². The third-order valence-corrected chi connectivity index (χ3v) is 6.77. The zero-order valence-corrected chi connectivity index (χ0v) is 21.6. The standard InChI is InChI=1S/C20H23N4OS2.Pr/c1-4-10-26-20-14(2)6-5-7-15(20)12-19(25)23-27(21)17-8-9-18-16(11-17)13-22-24(18)3;/h5-6,8-9,11,13H,4,10,12H2,1-3H3,(H2,21,23,25);/q-1;. The van der Waals surface area contributed by atoms with Crippen molar-refractivity contribution >= 4 is 39.4 Å². The number of carbonyl (C=O) groups excluding carboxylic acids is 1. The smallest absolute Gasteiger partial charge is 0.255 e. The van der Waals surface area contributed by atoms with E-state index < -0.39 is 10.9 Å². The van der Waals surface area contributed by atoms with Gasteiger partial charge in [0, 0.05) is 75.9 Å². The summed E-state index contributed by atoms with van der Waals surface area (Å²) in [7, 11) is 0.910. The Morgan fingerprint density at radius 2 is 2.18 bits per heavy atom. The van der Waals surface area contributed by atoms with Gasteiger partial charge in [-0.15, -0.1) is 11.1 Å². The fourth-order valence-electron chi connectivity index (χ4n) is 2.80. The van der Waals surface area contributed by atoms with Gasteiger partial charge < -0.3 is 0 Å². The molecule has 0 fully saturated rings. The van der Waals surface area contributed by atoms with Crippen LogP contribution < -0.4 is 5.14 Å². The number of benzene rings is 2. The molecule has 3 rings (SSSR count). The van der Waals surface area contributed by atoms with Crippen LogP contribution in [0.3, 0.4) is 0 Å². The van der Waals surface area contributed by atoms with Crippen molar-refractivity contribution in [3.63, 3.8) is 0 Å². The molecule has 2 N–H and O–H groups in total. The van der Waals surface area contributed by atoms with Gasteiger partial charge in [-0.2, -0.15) is 39.4 Å². The van der Waals surface area contributed by atoms with E-state index in [0.717, 1.165) is 38.4 Å². The van der Waals surface area contributed by atoms with Crippen LogP contribution in [0.1, 0.15) is 24.5 Å². The number of nitrogens with zero attached hydrogens (tertiary/aromatic N) is 3. The van der Waals surface area contributed by atoms with Gasteiger partial charge in [0.25, 0.3) is 5.91 Å². The summed E-state index contributed by atoms with van der Waals surface area (Å²) >= 11 is 1.77. The maximum absolute atomic E-state index is 12.5. The number of thioether (sulfide) groups is 1. The molecule has 5 nitrogen and oxygen atoms in total. The van der Waals surface area contributed by atoms with Crippen LogP contribution in [0.4, 0.5) is 0 Å². The molecule has 3 aromatic rings. The first-order valence-electron chi connectivity index (χ1n) is 8.77. The van der Waals surface area contributed by atoms with Gasteiger partial charge in [0.05, 0.1) is 11.7 Å².